The zero-order chi connectivity index (χ0) is 14.5. The van der Waals surface area contributed by atoms with E-state index in [0.29, 0.717) is 6.54 Å². The van der Waals surface area contributed by atoms with Crippen molar-refractivity contribution in [3.05, 3.63) is 65.2 Å². The normalized spacial score (nSPS) is 12.2. The van der Waals surface area contributed by atoms with E-state index >= 15 is 0 Å². The summed E-state index contributed by atoms with van der Waals surface area (Å²) < 4.78 is 0. The van der Waals surface area contributed by atoms with Crippen molar-refractivity contribution in [1.29, 1.82) is 0 Å². The van der Waals surface area contributed by atoms with Crippen LogP contribution in [0.15, 0.2) is 48.5 Å². The average molecular weight is 269 g/mol. The SMILES string of the molecule is CCN(CC(O)c1ccc(C)cc1)c1ccccc1C. The second-order valence-electron chi connectivity index (χ2n) is 5.25. The van der Waals surface area contributed by atoms with Gasteiger partial charge in [-0.1, -0.05) is 48.0 Å². The fourth-order valence-electron chi connectivity index (χ4n) is 2.42. The van der Waals surface area contributed by atoms with Gasteiger partial charge in [0.15, 0.2) is 0 Å². The number of likely N-dealkylation sites (N-methyl/N-ethyl adjacent to an activating group) is 1. The van der Waals surface area contributed by atoms with Crippen LogP contribution < -0.4 is 4.90 Å². The van der Waals surface area contributed by atoms with Gasteiger partial charge < -0.3 is 10.0 Å². The molecule has 2 aromatic carbocycles. The molecule has 0 fully saturated rings. The molecular weight excluding hydrogens is 246 g/mol. The molecule has 106 valence electrons. The summed E-state index contributed by atoms with van der Waals surface area (Å²) in [5.41, 5.74) is 4.63. The average Bonchev–Trinajstić information content (AvgIpc) is 2.46. The highest BCUT2D eigenvalue weighted by atomic mass is 16.3. The van der Waals surface area contributed by atoms with Gasteiger partial charge in [-0.25, -0.2) is 0 Å². The Labute approximate surface area is 121 Å². The number of rotatable bonds is 5. The molecule has 0 radical (unpaired) electrons. The Kier molecular flexibility index (Phi) is 4.80. The molecule has 20 heavy (non-hydrogen) atoms. The van der Waals surface area contributed by atoms with Crippen LogP contribution in [0.4, 0.5) is 5.69 Å². The van der Waals surface area contributed by atoms with E-state index in [-0.39, 0.29) is 0 Å². The van der Waals surface area contributed by atoms with Gasteiger partial charge in [-0.05, 0) is 38.0 Å². The van der Waals surface area contributed by atoms with Gasteiger partial charge in [-0.2, -0.15) is 0 Å². The van der Waals surface area contributed by atoms with Gasteiger partial charge in [0.05, 0.1) is 6.10 Å². The molecular formula is C18H23NO. The highest BCUT2D eigenvalue weighted by Crippen LogP contribution is 2.23. The van der Waals surface area contributed by atoms with E-state index < -0.39 is 6.10 Å². The molecule has 2 aromatic rings. The summed E-state index contributed by atoms with van der Waals surface area (Å²) in [4.78, 5) is 2.22. The Bertz CT molecular complexity index is 548. The van der Waals surface area contributed by atoms with Crippen LogP contribution in [0.1, 0.15) is 29.7 Å². The van der Waals surface area contributed by atoms with E-state index in [1.807, 2.05) is 36.4 Å². The monoisotopic (exact) mass is 269 g/mol. The number of aliphatic hydroxyl groups is 1. The van der Waals surface area contributed by atoms with Gasteiger partial charge in [0.2, 0.25) is 0 Å². The second-order valence-corrected chi connectivity index (χ2v) is 5.25. The zero-order valence-electron chi connectivity index (χ0n) is 12.5. The maximum Gasteiger partial charge on any atom is 0.0964 e. The van der Waals surface area contributed by atoms with E-state index in [4.69, 9.17) is 0 Å². The molecule has 2 nitrogen and oxygen atoms in total. The maximum absolute atomic E-state index is 10.4. The number of anilines is 1. The first-order valence-corrected chi connectivity index (χ1v) is 7.17. The minimum Gasteiger partial charge on any atom is -0.387 e. The highest BCUT2D eigenvalue weighted by molar-refractivity contribution is 5.53. The van der Waals surface area contributed by atoms with Gasteiger partial charge in [0.25, 0.3) is 0 Å². The molecule has 0 amide bonds. The Hall–Kier alpha value is -1.80. The van der Waals surface area contributed by atoms with Gasteiger partial charge in [0.1, 0.15) is 0 Å². The van der Waals surface area contributed by atoms with Crippen LogP contribution in [0, 0.1) is 13.8 Å². The van der Waals surface area contributed by atoms with Crippen molar-refractivity contribution >= 4 is 5.69 Å². The molecule has 2 heteroatoms. The summed E-state index contributed by atoms with van der Waals surface area (Å²) in [6.07, 6.45) is -0.463. The lowest BCUT2D eigenvalue weighted by molar-refractivity contribution is 0.183. The fraction of sp³-hybridized carbons (Fsp3) is 0.333. The largest absolute Gasteiger partial charge is 0.387 e. The summed E-state index contributed by atoms with van der Waals surface area (Å²) in [6, 6.07) is 16.4. The van der Waals surface area contributed by atoms with Gasteiger partial charge in [-0.3, -0.25) is 0 Å². The lowest BCUT2D eigenvalue weighted by Crippen LogP contribution is -2.28. The molecule has 0 saturated carbocycles. The Morgan fingerprint density at radius 2 is 1.65 bits per heavy atom. The van der Waals surface area contributed by atoms with Crippen LogP contribution in [0.3, 0.4) is 0 Å². The van der Waals surface area contributed by atoms with Crippen LogP contribution in [-0.2, 0) is 0 Å². The number of aliphatic hydroxyl groups excluding tert-OH is 1. The molecule has 0 saturated heterocycles. The number of hydrogen-bond acceptors (Lipinski definition) is 2. The summed E-state index contributed by atoms with van der Waals surface area (Å²) in [5, 5.41) is 10.4. The Balaban J connectivity index is 2.14. The number of nitrogens with zero attached hydrogens (tertiary/aromatic N) is 1. The molecule has 0 heterocycles. The Morgan fingerprint density at radius 1 is 1.00 bits per heavy atom. The molecule has 0 aliphatic rings. The van der Waals surface area contributed by atoms with Crippen molar-refractivity contribution < 1.29 is 5.11 Å². The predicted molar refractivity (Wildman–Crippen MR) is 85.2 cm³/mol. The van der Waals surface area contributed by atoms with E-state index in [9.17, 15) is 5.11 Å². The van der Waals surface area contributed by atoms with Crippen molar-refractivity contribution in [2.24, 2.45) is 0 Å². The lowest BCUT2D eigenvalue weighted by atomic mass is 10.1. The van der Waals surface area contributed by atoms with Gasteiger partial charge in [0, 0.05) is 18.8 Å². The van der Waals surface area contributed by atoms with Crippen LogP contribution in [0.25, 0.3) is 0 Å². The third-order valence-electron chi connectivity index (χ3n) is 3.69. The number of benzene rings is 2. The summed E-state index contributed by atoms with van der Waals surface area (Å²) in [5.74, 6) is 0. The number of para-hydroxylation sites is 1. The van der Waals surface area contributed by atoms with Crippen LogP contribution >= 0.6 is 0 Å². The lowest BCUT2D eigenvalue weighted by Gasteiger charge is -2.27. The molecule has 1 atom stereocenters. The third-order valence-corrected chi connectivity index (χ3v) is 3.69. The topological polar surface area (TPSA) is 23.5 Å². The summed E-state index contributed by atoms with van der Waals surface area (Å²) in [6.45, 7) is 7.78. The van der Waals surface area contributed by atoms with E-state index in [0.717, 1.165) is 12.1 Å². The van der Waals surface area contributed by atoms with Crippen molar-refractivity contribution in [3.8, 4) is 0 Å². The molecule has 2 rings (SSSR count). The third kappa shape index (κ3) is 3.40. The van der Waals surface area contributed by atoms with Crippen LogP contribution in [0.5, 0.6) is 0 Å². The first-order chi connectivity index (χ1) is 9.61. The first-order valence-electron chi connectivity index (χ1n) is 7.17. The first kappa shape index (κ1) is 14.6. The number of aryl methyl sites for hydroxylation is 2. The van der Waals surface area contributed by atoms with Gasteiger partial charge >= 0.3 is 0 Å². The molecule has 1 N–H and O–H groups in total. The van der Waals surface area contributed by atoms with Crippen molar-refractivity contribution in [2.45, 2.75) is 26.9 Å². The smallest absolute Gasteiger partial charge is 0.0964 e. The molecule has 0 spiro atoms. The minimum atomic E-state index is -0.463. The van der Waals surface area contributed by atoms with Crippen molar-refractivity contribution in [2.75, 3.05) is 18.0 Å². The summed E-state index contributed by atoms with van der Waals surface area (Å²) in [7, 11) is 0. The summed E-state index contributed by atoms with van der Waals surface area (Å²) >= 11 is 0. The number of hydrogen-bond donors (Lipinski definition) is 1. The van der Waals surface area contributed by atoms with Crippen LogP contribution in [0.2, 0.25) is 0 Å². The quantitative estimate of drug-likeness (QED) is 0.891. The minimum absolute atomic E-state index is 0.463. The highest BCUT2D eigenvalue weighted by Gasteiger charge is 2.14. The van der Waals surface area contributed by atoms with Gasteiger partial charge in [-0.15, -0.1) is 0 Å². The molecule has 0 aliphatic heterocycles. The van der Waals surface area contributed by atoms with Crippen molar-refractivity contribution in [1.82, 2.24) is 0 Å². The zero-order valence-corrected chi connectivity index (χ0v) is 12.5. The maximum atomic E-state index is 10.4. The standard InChI is InChI=1S/C18H23NO/c1-4-19(17-8-6-5-7-15(17)3)13-18(20)16-11-9-14(2)10-12-16/h5-12,18,20H,4,13H2,1-3H3. The molecule has 0 aromatic heterocycles. The molecule has 0 aliphatic carbocycles. The van der Waals surface area contributed by atoms with Crippen LogP contribution in [-0.4, -0.2) is 18.2 Å². The Morgan fingerprint density at radius 3 is 2.25 bits per heavy atom. The van der Waals surface area contributed by atoms with E-state index in [1.54, 1.807) is 0 Å². The molecule has 0 bridgehead atoms. The van der Waals surface area contributed by atoms with E-state index in [1.165, 1.54) is 16.8 Å². The fourth-order valence-corrected chi connectivity index (χ4v) is 2.42. The molecule has 1 unspecified atom stereocenters. The second kappa shape index (κ2) is 6.58. The van der Waals surface area contributed by atoms with Crippen molar-refractivity contribution in [3.63, 3.8) is 0 Å². The van der Waals surface area contributed by atoms with E-state index in [2.05, 4.69) is 37.8 Å². The predicted octanol–water partition coefficient (Wildman–Crippen LogP) is 3.86.